The molecule has 4 nitrogen and oxygen atoms in total. The molecule has 0 aliphatic carbocycles. The first-order valence-corrected chi connectivity index (χ1v) is 7.33. The number of nitrogens with zero attached hydrogens (tertiary/aromatic N) is 4. The van der Waals surface area contributed by atoms with Crippen LogP contribution in [0, 0.1) is 6.92 Å². The van der Waals surface area contributed by atoms with Crippen LogP contribution in [0.2, 0.25) is 0 Å². The van der Waals surface area contributed by atoms with Gasteiger partial charge in [0.05, 0.1) is 6.54 Å². The Hall–Kier alpha value is -2.20. The van der Waals surface area contributed by atoms with Gasteiger partial charge in [-0.3, -0.25) is 9.30 Å². The molecule has 2 heterocycles. The van der Waals surface area contributed by atoms with Crippen molar-refractivity contribution in [2.75, 3.05) is 6.54 Å². The molecule has 3 rings (SSSR count). The summed E-state index contributed by atoms with van der Waals surface area (Å²) in [5.74, 6) is 0.992. The zero-order valence-electron chi connectivity index (χ0n) is 12.5. The van der Waals surface area contributed by atoms with Gasteiger partial charge < -0.3 is 0 Å². The molecule has 0 saturated carbocycles. The fourth-order valence-corrected chi connectivity index (χ4v) is 2.47. The summed E-state index contributed by atoms with van der Waals surface area (Å²) in [6, 6.07) is 14.6. The van der Waals surface area contributed by atoms with Crippen LogP contribution in [0.25, 0.3) is 5.65 Å². The van der Waals surface area contributed by atoms with E-state index in [1.165, 1.54) is 11.1 Å². The molecule has 108 valence electrons. The maximum absolute atomic E-state index is 4.34. The highest BCUT2D eigenvalue weighted by Gasteiger charge is 2.10. The highest BCUT2D eigenvalue weighted by molar-refractivity contribution is 5.39. The molecule has 21 heavy (non-hydrogen) atoms. The van der Waals surface area contributed by atoms with Crippen molar-refractivity contribution < 1.29 is 0 Å². The molecule has 0 radical (unpaired) electrons. The van der Waals surface area contributed by atoms with Crippen LogP contribution in [0.1, 0.15) is 23.9 Å². The Bertz CT molecular complexity index is 718. The van der Waals surface area contributed by atoms with E-state index in [9.17, 15) is 0 Å². The predicted octanol–water partition coefficient (Wildman–Crippen LogP) is 3.06. The van der Waals surface area contributed by atoms with E-state index in [2.05, 4.69) is 75.9 Å². The fourth-order valence-electron chi connectivity index (χ4n) is 2.47. The van der Waals surface area contributed by atoms with Gasteiger partial charge in [0.25, 0.3) is 0 Å². The molecular weight excluding hydrogens is 260 g/mol. The standard InChI is InChI=1S/C17H20N4/c1-3-20(12-15-7-5-4-6-8-15)13-17-19-18-16-10-9-14(2)11-21(16)17/h4-11H,3,12-13H2,1-2H3. The summed E-state index contributed by atoms with van der Waals surface area (Å²) in [7, 11) is 0. The van der Waals surface area contributed by atoms with Gasteiger partial charge in [0.1, 0.15) is 0 Å². The summed E-state index contributed by atoms with van der Waals surface area (Å²) in [4.78, 5) is 2.37. The second kappa shape index (κ2) is 6.06. The van der Waals surface area contributed by atoms with Gasteiger partial charge in [-0.25, -0.2) is 0 Å². The summed E-state index contributed by atoms with van der Waals surface area (Å²) >= 11 is 0. The maximum atomic E-state index is 4.34. The topological polar surface area (TPSA) is 33.4 Å². The molecule has 0 aliphatic rings. The number of hydrogen-bond donors (Lipinski definition) is 0. The monoisotopic (exact) mass is 280 g/mol. The van der Waals surface area contributed by atoms with Crippen molar-refractivity contribution in [1.29, 1.82) is 0 Å². The Kier molecular flexibility index (Phi) is 3.97. The van der Waals surface area contributed by atoms with Gasteiger partial charge >= 0.3 is 0 Å². The third-order valence-corrected chi connectivity index (χ3v) is 3.68. The normalized spacial score (nSPS) is 11.4. The van der Waals surface area contributed by atoms with Crippen LogP contribution in [0.5, 0.6) is 0 Å². The molecule has 0 fully saturated rings. The highest BCUT2D eigenvalue weighted by atomic mass is 15.3. The summed E-state index contributed by atoms with van der Waals surface area (Å²) in [6.07, 6.45) is 2.10. The van der Waals surface area contributed by atoms with Crippen molar-refractivity contribution >= 4 is 5.65 Å². The van der Waals surface area contributed by atoms with Crippen molar-refractivity contribution in [1.82, 2.24) is 19.5 Å². The van der Waals surface area contributed by atoms with Crippen LogP contribution in [-0.4, -0.2) is 26.0 Å². The first-order chi connectivity index (χ1) is 10.3. The third kappa shape index (κ3) is 3.11. The molecule has 0 saturated heterocycles. The maximum Gasteiger partial charge on any atom is 0.160 e. The van der Waals surface area contributed by atoms with Gasteiger partial charge in [-0.05, 0) is 30.7 Å². The van der Waals surface area contributed by atoms with Crippen LogP contribution in [0.3, 0.4) is 0 Å². The van der Waals surface area contributed by atoms with E-state index in [0.29, 0.717) is 0 Å². The first kappa shape index (κ1) is 13.8. The molecule has 0 aliphatic heterocycles. The average Bonchev–Trinajstić information content (AvgIpc) is 2.90. The van der Waals surface area contributed by atoms with E-state index in [1.807, 2.05) is 6.07 Å². The van der Waals surface area contributed by atoms with Crippen molar-refractivity contribution in [3.63, 3.8) is 0 Å². The minimum atomic E-state index is 0.802. The Morgan fingerprint density at radius 1 is 1.00 bits per heavy atom. The number of hydrogen-bond acceptors (Lipinski definition) is 3. The molecule has 2 aromatic heterocycles. The fraction of sp³-hybridized carbons (Fsp3) is 0.294. The van der Waals surface area contributed by atoms with Crippen LogP contribution in [0.15, 0.2) is 48.7 Å². The predicted molar refractivity (Wildman–Crippen MR) is 84.0 cm³/mol. The van der Waals surface area contributed by atoms with E-state index < -0.39 is 0 Å². The molecule has 4 heteroatoms. The lowest BCUT2D eigenvalue weighted by Crippen LogP contribution is -2.23. The Labute approximate surface area is 125 Å². The molecule has 0 amide bonds. The first-order valence-electron chi connectivity index (χ1n) is 7.33. The second-order valence-electron chi connectivity index (χ2n) is 5.34. The van der Waals surface area contributed by atoms with Crippen LogP contribution < -0.4 is 0 Å². The molecule has 0 bridgehead atoms. The van der Waals surface area contributed by atoms with Crippen molar-refractivity contribution in [3.8, 4) is 0 Å². The molecule has 1 aromatic carbocycles. The van der Waals surface area contributed by atoms with Crippen LogP contribution in [-0.2, 0) is 13.1 Å². The Morgan fingerprint density at radius 3 is 2.57 bits per heavy atom. The van der Waals surface area contributed by atoms with Gasteiger partial charge in [0.2, 0.25) is 0 Å². The molecule has 0 spiro atoms. The molecule has 0 unspecified atom stereocenters. The van der Waals surface area contributed by atoms with Gasteiger partial charge in [0.15, 0.2) is 11.5 Å². The molecule has 0 atom stereocenters. The molecule has 0 N–H and O–H groups in total. The Balaban J connectivity index is 1.81. The molecular formula is C17H20N4. The van der Waals surface area contributed by atoms with Crippen molar-refractivity contribution in [2.45, 2.75) is 26.9 Å². The average molecular weight is 280 g/mol. The van der Waals surface area contributed by atoms with E-state index in [4.69, 9.17) is 0 Å². The minimum absolute atomic E-state index is 0.802. The number of aromatic nitrogens is 3. The summed E-state index contributed by atoms with van der Waals surface area (Å²) < 4.78 is 2.09. The summed E-state index contributed by atoms with van der Waals surface area (Å²) in [5, 5.41) is 8.58. The number of benzene rings is 1. The lowest BCUT2D eigenvalue weighted by atomic mass is 10.2. The lowest BCUT2D eigenvalue weighted by molar-refractivity contribution is 0.263. The summed E-state index contributed by atoms with van der Waals surface area (Å²) in [6.45, 7) is 6.98. The molecule has 3 aromatic rings. The minimum Gasteiger partial charge on any atom is -0.292 e. The van der Waals surface area contributed by atoms with Gasteiger partial charge in [-0.15, -0.1) is 10.2 Å². The van der Waals surface area contributed by atoms with E-state index in [1.54, 1.807) is 0 Å². The zero-order valence-corrected chi connectivity index (χ0v) is 12.5. The van der Waals surface area contributed by atoms with E-state index in [-0.39, 0.29) is 0 Å². The third-order valence-electron chi connectivity index (χ3n) is 3.68. The SMILES string of the molecule is CCN(Cc1ccccc1)Cc1nnc2ccc(C)cn12. The van der Waals surface area contributed by atoms with Gasteiger partial charge in [-0.2, -0.15) is 0 Å². The van der Waals surface area contributed by atoms with Crippen molar-refractivity contribution in [2.24, 2.45) is 0 Å². The lowest BCUT2D eigenvalue weighted by Gasteiger charge is -2.19. The quantitative estimate of drug-likeness (QED) is 0.720. The number of fused-ring (bicyclic) bond motifs is 1. The Morgan fingerprint density at radius 2 is 1.81 bits per heavy atom. The number of rotatable bonds is 5. The van der Waals surface area contributed by atoms with Crippen molar-refractivity contribution in [3.05, 3.63) is 65.6 Å². The van der Waals surface area contributed by atoms with Gasteiger partial charge in [-0.1, -0.05) is 43.3 Å². The van der Waals surface area contributed by atoms with E-state index in [0.717, 1.165) is 31.1 Å². The smallest absolute Gasteiger partial charge is 0.160 e. The van der Waals surface area contributed by atoms with E-state index >= 15 is 0 Å². The largest absolute Gasteiger partial charge is 0.292 e. The number of aryl methyl sites for hydroxylation is 1. The highest BCUT2D eigenvalue weighted by Crippen LogP contribution is 2.11. The summed E-state index contributed by atoms with van der Waals surface area (Å²) in [5.41, 5.74) is 3.45. The van der Waals surface area contributed by atoms with Crippen LogP contribution in [0.4, 0.5) is 0 Å². The zero-order chi connectivity index (χ0) is 14.7. The number of pyridine rings is 1. The van der Waals surface area contributed by atoms with Crippen LogP contribution >= 0.6 is 0 Å². The van der Waals surface area contributed by atoms with Gasteiger partial charge in [0, 0.05) is 12.7 Å². The second-order valence-corrected chi connectivity index (χ2v) is 5.34.